The molecule has 1 aliphatic rings. The van der Waals surface area contributed by atoms with Crippen molar-refractivity contribution in [2.75, 3.05) is 39.8 Å². The van der Waals surface area contributed by atoms with Crippen molar-refractivity contribution in [3.05, 3.63) is 82.3 Å². The number of hydrogen-bond acceptors (Lipinski definition) is 6. The Balaban J connectivity index is 1.35. The number of nitrogens with zero attached hydrogens (tertiary/aromatic N) is 3. The average molecular weight is 437 g/mol. The SMILES string of the molecule is CNCCC(Oc1ccccc1CN1CCN(Cc2ccccn2)CC1)c1cccs1. The van der Waals surface area contributed by atoms with Crippen LogP contribution in [0.3, 0.4) is 0 Å². The second-order valence-electron chi connectivity index (χ2n) is 8.00. The first-order valence-corrected chi connectivity index (χ1v) is 12.0. The maximum Gasteiger partial charge on any atom is 0.134 e. The Hall–Kier alpha value is -2.25. The quantitative estimate of drug-likeness (QED) is 0.516. The predicted molar refractivity (Wildman–Crippen MR) is 127 cm³/mol. The molecule has 0 aliphatic carbocycles. The van der Waals surface area contributed by atoms with Crippen LogP contribution in [-0.4, -0.2) is 54.6 Å². The monoisotopic (exact) mass is 436 g/mol. The first-order chi connectivity index (χ1) is 15.3. The van der Waals surface area contributed by atoms with Gasteiger partial charge in [-0.1, -0.05) is 30.3 Å². The van der Waals surface area contributed by atoms with Crippen LogP contribution in [0.5, 0.6) is 5.75 Å². The molecule has 0 amide bonds. The fourth-order valence-corrected chi connectivity index (χ4v) is 4.77. The molecule has 1 saturated heterocycles. The van der Waals surface area contributed by atoms with E-state index in [0.717, 1.165) is 63.7 Å². The summed E-state index contributed by atoms with van der Waals surface area (Å²) in [5, 5.41) is 5.38. The molecule has 3 heterocycles. The minimum absolute atomic E-state index is 0.0869. The van der Waals surface area contributed by atoms with Gasteiger partial charge >= 0.3 is 0 Å². The van der Waals surface area contributed by atoms with Gasteiger partial charge in [0.25, 0.3) is 0 Å². The number of thiophene rings is 1. The minimum atomic E-state index is 0.0869. The topological polar surface area (TPSA) is 40.6 Å². The Morgan fingerprint density at radius 1 is 0.968 bits per heavy atom. The Labute approximate surface area is 189 Å². The van der Waals surface area contributed by atoms with E-state index in [9.17, 15) is 0 Å². The molecule has 2 aromatic heterocycles. The number of benzene rings is 1. The molecule has 4 rings (SSSR count). The Kier molecular flexibility index (Phi) is 8.07. The molecule has 1 aliphatic heterocycles. The highest BCUT2D eigenvalue weighted by molar-refractivity contribution is 7.10. The molecule has 5 nitrogen and oxygen atoms in total. The lowest BCUT2D eigenvalue weighted by atomic mass is 10.1. The van der Waals surface area contributed by atoms with Gasteiger partial charge in [-0.25, -0.2) is 0 Å². The Morgan fingerprint density at radius 2 is 1.74 bits per heavy atom. The van der Waals surface area contributed by atoms with Crippen molar-refractivity contribution in [3.8, 4) is 5.75 Å². The van der Waals surface area contributed by atoms with Gasteiger partial charge in [0.05, 0.1) is 5.69 Å². The van der Waals surface area contributed by atoms with Crippen LogP contribution < -0.4 is 10.1 Å². The lowest BCUT2D eigenvalue weighted by Gasteiger charge is -2.35. The van der Waals surface area contributed by atoms with Gasteiger partial charge in [-0.3, -0.25) is 14.8 Å². The highest BCUT2D eigenvalue weighted by Gasteiger charge is 2.20. The average Bonchev–Trinajstić information content (AvgIpc) is 3.35. The number of hydrogen-bond donors (Lipinski definition) is 1. The van der Waals surface area contributed by atoms with E-state index in [-0.39, 0.29) is 6.10 Å². The summed E-state index contributed by atoms with van der Waals surface area (Å²) >= 11 is 1.77. The first-order valence-electron chi connectivity index (χ1n) is 11.1. The second kappa shape index (κ2) is 11.4. The lowest BCUT2D eigenvalue weighted by Crippen LogP contribution is -2.45. The molecule has 0 radical (unpaired) electrons. The molecule has 0 saturated carbocycles. The number of pyridine rings is 1. The molecule has 1 fully saturated rings. The number of para-hydroxylation sites is 1. The van der Waals surface area contributed by atoms with Crippen molar-refractivity contribution in [2.45, 2.75) is 25.6 Å². The van der Waals surface area contributed by atoms with E-state index in [1.54, 1.807) is 11.3 Å². The van der Waals surface area contributed by atoms with Crippen LogP contribution in [0, 0.1) is 0 Å². The van der Waals surface area contributed by atoms with Gasteiger partial charge in [-0.2, -0.15) is 0 Å². The summed E-state index contributed by atoms with van der Waals surface area (Å²) in [7, 11) is 1.99. The molecule has 3 aromatic rings. The van der Waals surface area contributed by atoms with Crippen molar-refractivity contribution in [2.24, 2.45) is 0 Å². The number of ether oxygens (including phenoxy) is 1. The first kappa shape index (κ1) is 22.0. The smallest absolute Gasteiger partial charge is 0.134 e. The van der Waals surface area contributed by atoms with Crippen molar-refractivity contribution < 1.29 is 4.74 Å². The van der Waals surface area contributed by atoms with Crippen LogP contribution in [0.25, 0.3) is 0 Å². The standard InChI is InChI=1S/C25H32N4OS/c1-26-13-11-24(25-10-6-18-31-25)30-23-9-3-2-7-21(23)19-28-14-16-29(17-15-28)20-22-8-4-5-12-27-22/h2-10,12,18,24,26H,11,13-17,19-20H2,1H3. The van der Waals surface area contributed by atoms with Crippen molar-refractivity contribution in [1.29, 1.82) is 0 Å². The van der Waals surface area contributed by atoms with Crippen molar-refractivity contribution in [3.63, 3.8) is 0 Å². The third-order valence-corrected chi connectivity index (χ3v) is 6.69. The highest BCUT2D eigenvalue weighted by atomic mass is 32.1. The fourth-order valence-electron chi connectivity index (χ4n) is 3.98. The summed E-state index contributed by atoms with van der Waals surface area (Å²) in [6.45, 7) is 7.06. The molecule has 0 bridgehead atoms. The van der Waals surface area contributed by atoms with Crippen molar-refractivity contribution in [1.82, 2.24) is 20.1 Å². The number of piperazine rings is 1. The lowest BCUT2D eigenvalue weighted by molar-refractivity contribution is 0.118. The van der Waals surface area contributed by atoms with E-state index in [4.69, 9.17) is 4.74 Å². The summed E-state index contributed by atoms with van der Waals surface area (Å²) in [6.07, 6.45) is 2.92. The summed E-state index contributed by atoms with van der Waals surface area (Å²) in [5.41, 5.74) is 2.42. The van der Waals surface area contributed by atoms with Gasteiger partial charge in [0.15, 0.2) is 0 Å². The van der Waals surface area contributed by atoms with Crippen LogP contribution in [0.4, 0.5) is 0 Å². The molecule has 164 valence electrons. The van der Waals surface area contributed by atoms with E-state index in [1.165, 1.54) is 10.4 Å². The largest absolute Gasteiger partial charge is 0.485 e. The van der Waals surface area contributed by atoms with Crippen LogP contribution in [-0.2, 0) is 13.1 Å². The van der Waals surface area contributed by atoms with Gasteiger partial charge in [-0.05, 0) is 43.2 Å². The van der Waals surface area contributed by atoms with Gasteiger partial charge in [-0.15, -0.1) is 11.3 Å². The van der Waals surface area contributed by atoms with E-state index in [2.05, 4.69) is 74.0 Å². The maximum absolute atomic E-state index is 6.56. The zero-order chi connectivity index (χ0) is 21.3. The van der Waals surface area contributed by atoms with E-state index >= 15 is 0 Å². The van der Waals surface area contributed by atoms with E-state index in [0.29, 0.717) is 0 Å². The van der Waals surface area contributed by atoms with Gasteiger partial charge < -0.3 is 10.1 Å². The maximum atomic E-state index is 6.56. The second-order valence-corrected chi connectivity index (χ2v) is 8.97. The van der Waals surface area contributed by atoms with Crippen LogP contribution in [0.2, 0.25) is 0 Å². The molecular formula is C25H32N4OS. The van der Waals surface area contributed by atoms with Crippen molar-refractivity contribution >= 4 is 11.3 Å². The molecule has 6 heteroatoms. The van der Waals surface area contributed by atoms with Gasteiger partial charge in [0.2, 0.25) is 0 Å². The molecule has 0 spiro atoms. The van der Waals surface area contributed by atoms with Crippen LogP contribution in [0.1, 0.15) is 28.7 Å². The van der Waals surface area contributed by atoms with Crippen LogP contribution >= 0.6 is 11.3 Å². The summed E-state index contributed by atoms with van der Waals surface area (Å²) in [4.78, 5) is 10.8. The van der Waals surface area contributed by atoms with Gasteiger partial charge in [0, 0.05) is 62.3 Å². The summed E-state index contributed by atoms with van der Waals surface area (Å²) in [6, 6.07) is 18.9. The van der Waals surface area contributed by atoms with E-state index < -0.39 is 0 Å². The highest BCUT2D eigenvalue weighted by Crippen LogP contribution is 2.30. The third kappa shape index (κ3) is 6.37. The summed E-state index contributed by atoms with van der Waals surface area (Å²) < 4.78 is 6.56. The fraction of sp³-hybridized carbons (Fsp3) is 0.400. The molecule has 1 aromatic carbocycles. The Morgan fingerprint density at radius 3 is 2.45 bits per heavy atom. The van der Waals surface area contributed by atoms with Gasteiger partial charge in [0.1, 0.15) is 11.9 Å². The Bertz CT molecular complexity index is 895. The normalized spacial score (nSPS) is 16.3. The number of rotatable bonds is 10. The van der Waals surface area contributed by atoms with E-state index in [1.807, 2.05) is 19.3 Å². The molecular weight excluding hydrogens is 404 g/mol. The predicted octanol–water partition coefficient (Wildman–Crippen LogP) is 4.19. The number of nitrogens with one attached hydrogen (secondary N) is 1. The number of aromatic nitrogens is 1. The third-order valence-electron chi connectivity index (χ3n) is 5.73. The minimum Gasteiger partial charge on any atom is -0.485 e. The molecule has 1 atom stereocenters. The van der Waals surface area contributed by atoms with Crippen LogP contribution in [0.15, 0.2) is 66.2 Å². The summed E-state index contributed by atoms with van der Waals surface area (Å²) in [5.74, 6) is 1.01. The molecule has 31 heavy (non-hydrogen) atoms. The zero-order valence-corrected chi connectivity index (χ0v) is 19.1. The molecule has 1 unspecified atom stereocenters. The molecule has 1 N–H and O–H groups in total. The zero-order valence-electron chi connectivity index (χ0n) is 18.2.